The molecule has 4 heteroatoms. The highest BCUT2D eigenvalue weighted by Crippen LogP contribution is 2.17. The maximum Gasteiger partial charge on any atom is 0.221 e. The van der Waals surface area contributed by atoms with E-state index in [4.69, 9.17) is 0 Å². The molecule has 0 radical (unpaired) electrons. The number of hydrogen-bond donors (Lipinski definition) is 3. The van der Waals surface area contributed by atoms with E-state index in [0.717, 1.165) is 25.0 Å². The number of carbonyl (C=O) groups excluding carboxylic acids is 1. The van der Waals surface area contributed by atoms with E-state index in [1.807, 2.05) is 18.3 Å². The predicted octanol–water partition coefficient (Wildman–Crippen LogP) is 2.61. The average Bonchev–Trinajstić information content (AvgIpc) is 2.91. The fourth-order valence-electron chi connectivity index (χ4n) is 2.39. The molecule has 4 nitrogen and oxygen atoms in total. The van der Waals surface area contributed by atoms with Crippen LogP contribution in [0.3, 0.4) is 0 Å². The first kappa shape index (κ1) is 15.6. The standard InChI is InChI=1S/C17H25N3O/c1-2-3-10-18-11-9-17(21)19-12-8-14-13-20-16-7-5-4-6-15(14)16/h4-7,13,18,20H,2-3,8-12H2,1H3,(H,19,21). The number of aromatic amines is 1. The van der Waals surface area contributed by atoms with Gasteiger partial charge < -0.3 is 15.6 Å². The third-order valence-corrected chi connectivity index (χ3v) is 3.63. The van der Waals surface area contributed by atoms with Crippen molar-refractivity contribution in [3.05, 3.63) is 36.0 Å². The summed E-state index contributed by atoms with van der Waals surface area (Å²) >= 11 is 0. The first-order valence-corrected chi connectivity index (χ1v) is 7.83. The van der Waals surface area contributed by atoms with Crippen LogP contribution in [0.1, 0.15) is 31.7 Å². The second-order valence-electron chi connectivity index (χ2n) is 5.31. The Morgan fingerprint density at radius 3 is 2.90 bits per heavy atom. The molecule has 1 aromatic heterocycles. The van der Waals surface area contributed by atoms with Crippen molar-refractivity contribution >= 4 is 16.8 Å². The highest BCUT2D eigenvalue weighted by atomic mass is 16.1. The Labute approximate surface area is 126 Å². The van der Waals surface area contributed by atoms with Crippen molar-refractivity contribution < 1.29 is 4.79 Å². The molecule has 0 aliphatic heterocycles. The second kappa shape index (κ2) is 8.47. The number of carbonyl (C=O) groups is 1. The highest BCUT2D eigenvalue weighted by molar-refractivity contribution is 5.83. The molecule has 3 N–H and O–H groups in total. The van der Waals surface area contributed by atoms with Crippen LogP contribution in [0.25, 0.3) is 10.9 Å². The molecule has 0 fully saturated rings. The number of aromatic nitrogens is 1. The van der Waals surface area contributed by atoms with Crippen LogP contribution in [0.2, 0.25) is 0 Å². The molecule has 0 spiro atoms. The molecule has 0 aliphatic rings. The third-order valence-electron chi connectivity index (χ3n) is 3.63. The largest absolute Gasteiger partial charge is 0.361 e. The number of benzene rings is 1. The van der Waals surface area contributed by atoms with Crippen LogP contribution < -0.4 is 10.6 Å². The lowest BCUT2D eigenvalue weighted by molar-refractivity contribution is -0.120. The maximum absolute atomic E-state index is 11.7. The van der Waals surface area contributed by atoms with E-state index in [9.17, 15) is 4.79 Å². The lowest BCUT2D eigenvalue weighted by Gasteiger charge is -2.06. The maximum atomic E-state index is 11.7. The summed E-state index contributed by atoms with van der Waals surface area (Å²) in [5.41, 5.74) is 2.41. The highest BCUT2D eigenvalue weighted by Gasteiger charge is 2.04. The summed E-state index contributed by atoms with van der Waals surface area (Å²) < 4.78 is 0. The van der Waals surface area contributed by atoms with Crippen LogP contribution >= 0.6 is 0 Å². The van der Waals surface area contributed by atoms with E-state index in [2.05, 4.69) is 34.7 Å². The van der Waals surface area contributed by atoms with Gasteiger partial charge in [0.25, 0.3) is 0 Å². The van der Waals surface area contributed by atoms with E-state index >= 15 is 0 Å². The quantitative estimate of drug-likeness (QED) is 0.621. The van der Waals surface area contributed by atoms with Crippen molar-refractivity contribution in [2.45, 2.75) is 32.6 Å². The summed E-state index contributed by atoms with van der Waals surface area (Å²) in [5, 5.41) is 7.51. The van der Waals surface area contributed by atoms with Crippen molar-refractivity contribution in [2.24, 2.45) is 0 Å². The minimum Gasteiger partial charge on any atom is -0.361 e. The summed E-state index contributed by atoms with van der Waals surface area (Å²) in [6, 6.07) is 8.25. The number of para-hydroxylation sites is 1. The Bertz CT molecular complexity index is 562. The topological polar surface area (TPSA) is 56.9 Å². The molecule has 0 saturated carbocycles. The summed E-state index contributed by atoms with van der Waals surface area (Å²) in [6.07, 6.45) is 5.80. The monoisotopic (exact) mass is 287 g/mol. The van der Waals surface area contributed by atoms with Gasteiger partial charge in [-0.25, -0.2) is 0 Å². The van der Waals surface area contributed by atoms with Crippen LogP contribution in [0, 0.1) is 0 Å². The first-order valence-electron chi connectivity index (χ1n) is 7.83. The number of fused-ring (bicyclic) bond motifs is 1. The molecule has 1 heterocycles. The normalized spacial score (nSPS) is 10.9. The number of nitrogens with one attached hydrogen (secondary N) is 3. The molecule has 0 saturated heterocycles. The SMILES string of the molecule is CCCCNCCC(=O)NCCc1c[nH]c2ccccc12. The summed E-state index contributed by atoms with van der Waals surface area (Å²) in [6.45, 7) is 4.62. The van der Waals surface area contributed by atoms with Gasteiger partial charge in [-0.2, -0.15) is 0 Å². The summed E-state index contributed by atoms with van der Waals surface area (Å²) in [4.78, 5) is 15.0. The molecule has 0 atom stereocenters. The van der Waals surface area contributed by atoms with Crippen LogP contribution in [0.5, 0.6) is 0 Å². The number of H-pyrrole nitrogens is 1. The molecular weight excluding hydrogens is 262 g/mol. The van der Waals surface area contributed by atoms with Crippen molar-refractivity contribution in [1.82, 2.24) is 15.6 Å². The van der Waals surface area contributed by atoms with Gasteiger partial charge in [-0.05, 0) is 31.0 Å². The van der Waals surface area contributed by atoms with Gasteiger partial charge in [0.05, 0.1) is 0 Å². The predicted molar refractivity (Wildman–Crippen MR) is 87.4 cm³/mol. The number of amides is 1. The van der Waals surface area contributed by atoms with Crippen LogP contribution in [0.4, 0.5) is 0 Å². The van der Waals surface area contributed by atoms with Crippen LogP contribution in [-0.2, 0) is 11.2 Å². The van der Waals surface area contributed by atoms with Gasteiger partial charge in [-0.3, -0.25) is 4.79 Å². The van der Waals surface area contributed by atoms with Crippen LogP contribution in [0.15, 0.2) is 30.5 Å². The molecule has 114 valence electrons. The molecule has 0 aliphatic carbocycles. The van der Waals surface area contributed by atoms with Crippen molar-refractivity contribution in [2.75, 3.05) is 19.6 Å². The number of unbranched alkanes of at least 4 members (excludes halogenated alkanes) is 1. The van der Waals surface area contributed by atoms with Gasteiger partial charge in [-0.1, -0.05) is 31.5 Å². The first-order chi connectivity index (χ1) is 10.3. The fraction of sp³-hybridized carbons (Fsp3) is 0.471. The summed E-state index contributed by atoms with van der Waals surface area (Å²) in [7, 11) is 0. The van der Waals surface area contributed by atoms with Gasteiger partial charge in [0.15, 0.2) is 0 Å². The number of rotatable bonds is 9. The van der Waals surface area contributed by atoms with Crippen LogP contribution in [-0.4, -0.2) is 30.5 Å². The third kappa shape index (κ3) is 4.90. The van der Waals surface area contributed by atoms with Gasteiger partial charge in [0.1, 0.15) is 0 Å². The fourth-order valence-corrected chi connectivity index (χ4v) is 2.39. The van der Waals surface area contributed by atoms with E-state index < -0.39 is 0 Å². The minimum absolute atomic E-state index is 0.124. The Hall–Kier alpha value is -1.81. The lowest BCUT2D eigenvalue weighted by atomic mass is 10.1. The van der Waals surface area contributed by atoms with Gasteiger partial charge in [0, 0.05) is 36.6 Å². The molecule has 2 aromatic rings. The second-order valence-corrected chi connectivity index (χ2v) is 5.31. The van der Waals surface area contributed by atoms with Crippen molar-refractivity contribution in [3.8, 4) is 0 Å². The Kier molecular flexibility index (Phi) is 6.28. The summed E-state index contributed by atoms with van der Waals surface area (Å²) in [5.74, 6) is 0.124. The van der Waals surface area contributed by atoms with Gasteiger partial charge in [-0.15, -0.1) is 0 Å². The molecular formula is C17H25N3O. The molecule has 1 amide bonds. The smallest absolute Gasteiger partial charge is 0.221 e. The van der Waals surface area contributed by atoms with E-state index in [0.29, 0.717) is 13.0 Å². The van der Waals surface area contributed by atoms with Gasteiger partial charge >= 0.3 is 0 Å². The Morgan fingerprint density at radius 2 is 2.05 bits per heavy atom. The zero-order valence-electron chi connectivity index (χ0n) is 12.7. The van der Waals surface area contributed by atoms with Crippen molar-refractivity contribution in [3.63, 3.8) is 0 Å². The van der Waals surface area contributed by atoms with E-state index in [1.165, 1.54) is 23.8 Å². The van der Waals surface area contributed by atoms with E-state index in [-0.39, 0.29) is 5.91 Å². The Balaban J connectivity index is 1.66. The lowest BCUT2D eigenvalue weighted by Crippen LogP contribution is -2.29. The molecule has 0 unspecified atom stereocenters. The van der Waals surface area contributed by atoms with Crippen molar-refractivity contribution in [1.29, 1.82) is 0 Å². The molecule has 0 bridgehead atoms. The zero-order chi connectivity index (χ0) is 14.9. The van der Waals surface area contributed by atoms with E-state index in [1.54, 1.807) is 0 Å². The minimum atomic E-state index is 0.124. The molecule has 21 heavy (non-hydrogen) atoms. The Morgan fingerprint density at radius 1 is 1.19 bits per heavy atom. The zero-order valence-corrected chi connectivity index (χ0v) is 12.7. The average molecular weight is 287 g/mol. The number of hydrogen-bond acceptors (Lipinski definition) is 2. The molecule has 1 aromatic carbocycles. The van der Waals surface area contributed by atoms with Gasteiger partial charge in [0.2, 0.25) is 5.91 Å². The molecule has 2 rings (SSSR count).